The number of para-hydroxylation sites is 1. The number of rotatable bonds is 3. The number of thioether (sulfide) groups is 1. The van der Waals surface area contributed by atoms with Gasteiger partial charge in [0.05, 0.1) is 15.9 Å². The molecule has 110 valence electrons. The Labute approximate surface area is 132 Å². The largest absolute Gasteiger partial charge is 0.269 e. The van der Waals surface area contributed by atoms with Crippen molar-refractivity contribution in [2.24, 2.45) is 7.05 Å². The van der Waals surface area contributed by atoms with E-state index in [0.29, 0.717) is 15.9 Å². The Morgan fingerprint density at radius 2 is 2.18 bits per heavy atom. The Hall–Kier alpha value is -2.26. The van der Waals surface area contributed by atoms with Crippen molar-refractivity contribution in [3.05, 3.63) is 46.4 Å². The van der Waals surface area contributed by atoms with Crippen LogP contribution in [-0.4, -0.2) is 29.6 Å². The van der Waals surface area contributed by atoms with Gasteiger partial charge in [0.15, 0.2) is 4.96 Å². The van der Waals surface area contributed by atoms with E-state index in [-0.39, 0.29) is 5.56 Å². The van der Waals surface area contributed by atoms with Crippen LogP contribution in [0.2, 0.25) is 0 Å². The average molecular weight is 330 g/mol. The molecule has 4 aromatic rings. The van der Waals surface area contributed by atoms with E-state index >= 15 is 0 Å². The number of nitrogens with zero attached hydrogens (tertiary/aromatic N) is 6. The van der Waals surface area contributed by atoms with Gasteiger partial charge in [-0.25, -0.2) is 9.67 Å². The molecule has 3 aromatic heterocycles. The normalized spacial score (nSPS) is 11.5. The molecule has 0 atom stereocenters. The first-order valence-electron chi connectivity index (χ1n) is 6.48. The third kappa shape index (κ3) is 2.18. The maximum absolute atomic E-state index is 12.4. The van der Waals surface area contributed by atoms with Gasteiger partial charge < -0.3 is 0 Å². The Kier molecular flexibility index (Phi) is 3.16. The van der Waals surface area contributed by atoms with Gasteiger partial charge in [0.1, 0.15) is 0 Å². The molecule has 0 amide bonds. The van der Waals surface area contributed by atoms with Gasteiger partial charge in [-0.1, -0.05) is 35.2 Å². The molecule has 0 saturated heterocycles. The lowest BCUT2D eigenvalue weighted by Crippen LogP contribution is -2.13. The molecular weight excluding hydrogens is 320 g/mol. The Bertz CT molecular complexity index is 1030. The zero-order valence-corrected chi connectivity index (χ0v) is 13.1. The van der Waals surface area contributed by atoms with Crippen LogP contribution in [0.25, 0.3) is 15.2 Å². The highest BCUT2D eigenvalue weighted by molar-refractivity contribution is 7.98. The summed E-state index contributed by atoms with van der Waals surface area (Å²) < 4.78 is 4.29. The molecule has 0 aliphatic heterocycles. The molecular formula is C13H10N6OS2. The molecule has 0 bridgehead atoms. The number of benzene rings is 1. The summed E-state index contributed by atoms with van der Waals surface area (Å²) in [6.07, 6.45) is 0. The third-order valence-corrected chi connectivity index (χ3v) is 5.24. The molecule has 4 rings (SSSR count). The molecule has 7 nitrogen and oxygen atoms in total. The molecule has 0 N–H and O–H groups in total. The molecule has 9 heteroatoms. The van der Waals surface area contributed by atoms with Crippen LogP contribution in [0.4, 0.5) is 0 Å². The second-order valence-corrected chi connectivity index (χ2v) is 6.60. The topological polar surface area (TPSA) is 78.0 Å². The fourth-order valence-electron chi connectivity index (χ4n) is 2.18. The van der Waals surface area contributed by atoms with E-state index in [1.165, 1.54) is 23.1 Å². The standard InChI is InChI=1S/C13H10N6OS2/c1-18-13(15-16-17-18)21-7-8-6-11(20)19-9-4-2-3-5-10(9)22-12(19)14-8/h2-6H,7H2,1H3. The van der Waals surface area contributed by atoms with E-state index in [1.807, 2.05) is 24.3 Å². The first-order chi connectivity index (χ1) is 10.7. The van der Waals surface area contributed by atoms with Gasteiger partial charge in [0.2, 0.25) is 5.16 Å². The summed E-state index contributed by atoms with van der Waals surface area (Å²) in [4.78, 5) is 17.7. The molecule has 0 radical (unpaired) electrons. The molecule has 1 aromatic carbocycles. The predicted molar refractivity (Wildman–Crippen MR) is 85.2 cm³/mol. The summed E-state index contributed by atoms with van der Waals surface area (Å²) >= 11 is 2.97. The summed E-state index contributed by atoms with van der Waals surface area (Å²) in [7, 11) is 1.78. The monoisotopic (exact) mass is 330 g/mol. The highest BCUT2D eigenvalue weighted by Crippen LogP contribution is 2.24. The van der Waals surface area contributed by atoms with E-state index in [2.05, 4.69) is 20.5 Å². The van der Waals surface area contributed by atoms with Crippen LogP contribution < -0.4 is 5.56 Å². The Morgan fingerprint density at radius 3 is 3.00 bits per heavy atom. The fraction of sp³-hybridized carbons (Fsp3) is 0.154. The Morgan fingerprint density at radius 1 is 1.32 bits per heavy atom. The lowest BCUT2D eigenvalue weighted by molar-refractivity contribution is 0.664. The maximum atomic E-state index is 12.4. The molecule has 0 saturated carbocycles. The van der Waals surface area contributed by atoms with Crippen LogP contribution in [0.15, 0.2) is 40.3 Å². The zero-order valence-electron chi connectivity index (χ0n) is 11.5. The van der Waals surface area contributed by atoms with Crippen molar-refractivity contribution >= 4 is 38.3 Å². The van der Waals surface area contributed by atoms with Gasteiger partial charge >= 0.3 is 0 Å². The van der Waals surface area contributed by atoms with Crippen molar-refractivity contribution < 1.29 is 0 Å². The molecule has 0 aliphatic rings. The van der Waals surface area contributed by atoms with Crippen LogP contribution in [-0.2, 0) is 12.8 Å². The van der Waals surface area contributed by atoms with Crippen LogP contribution in [0.5, 0.6) is 0 Å². The summed E-state index contributed by atoms with van der Waals surface area (Å²) in [5.74, 6) is 0.550. The molecule has 0 aliphatic carbocycles. The highest BCUT2D eigenvalue weighted by atomic mass is 32.2. The van der Waals surface area contributed by atoms with Crippen molar-refractivity contribution in [3.63, 3.8) is 0 Å². The first kappa shape index (κ1) is 13.4. The van der Waals surface area contributed by atoms with Gasteiger partial charge in [-0.3, -0.25) is 9.20 Å². The quantitative estimate of drug-likeness (QED) is 0.532. The minimum atomic E-state index is -0.0610. The minimum absolute atomic E-state index is 0.0610. The fourth-order valence-corrected chi connectivity index (χ4v) is 3.97. The second kappa shape index (κ2) is 5.18. The summed E-state index contributed by atoms with van der Waals surface area (Å²) in [6, 6.07) is 9.38. The van der Waals surface area contributed by atoms with Gasteiger partial charge in [-0.05, 0) is 22.6 Å². The van der Waals surface area contributed by atoms with Gasteiger partial charge in [0, 0.05) is 18.9 Å². The average Bonchev–Trinajstić information content (AvgIpc) is 3.08. The number of aryl methyl sites for hydroxylation is 1. The van der Waals surface area contributed by atoms with Crippen molar-refractivity contribution in [3.8, 4) is 0 Å². The first-order valence-corrected chi connectivity index (χ1v) is 8.28. The lowest BCUT2D eigenvalue weighted by atomic mass is 10.3. The van der Waals surface area contributed by atoms with Crippen molar-refractivity contribution in [1.82, 2.24) is 29.6 Å². The van der Waals surface area contributed by atoms with Gasteiger partial charge in [0.25, 0.3) is 5.56 Å². The summed E-state index contributed by atoms with van der Waals surface area (Å²) in [6.45, 7) is 0. The van der Waals surface area contributed by atoms with Gasteiger partial charge in [-0.15, -0.1) is 5.10 Å². The van der Waals surface area contributed by atoms with Crippen LogP contribution in [0, 0.1) is 0 Å². The lowest BCUT2D eigenvalue weighted by Gasteiger charge is -2.00. The highest BCUT2D eigenvalue weighted by Gasteiger charge is 2.10. The third-order valence-electron chi connectivity index (χ3n) is 3.18. The number of hydrogen-bond donors (Lipinski definition) is 0. The Balaban J connectivity index is 1.75. The molecule has 0 spiro atoms. The number of aromatic nitrogens is 6. The number of fused-ring (bicyclic) bond motifs is 3. The molecule has 0 unspecified atom stereocenters. The SMILES string of the molecule is Cn1nnnc1SCc1cc(=O)n2c(n1)sc1ccccc12. The number of tetrazole rings is 1. The predicted octanol–water partition coefficient (Wildman–Crippen LogP) is 1.72. The van der Waals surface area contributed by atoms with Crippen molar-refractivity contribution in [2.45, 2.75) is 10.9 Å². The van der Waals surface area contributed by atoms with Crippen LogP contribution >= 0.6 is 23.1 Å². The van der Waals surface area contributed by atoms with Crippen LogP contribution in [0.3, 0.4) is 0 Å². The van der Waals surface area contributed by atoms with E-state index in [9.17, 15) is 4.79 Å². The van der Waals surface area contributed by atoms with Crippen molar-refractivity contribution in [1.29, 1.82) is 0 Å². The van der Waals surface area contributed by atoms with Crippen molar-refractivity contribution in [2.75, 3.05) is 0 Å². The number of hydrogen-bond acceptors (Lipinski definition) is 7. The molecule has 3 heterocycles. The minimum Gasteiger partial charge on any atom is -0.269 e. The maximum Gasteiger partial charge on any atom is 0.259 e. The summed E-state index contributed by atoms with van der Waals surface area (Å²) in [5, 5.41) is 12.0. The zero-order chi connectivity index (χ0) is 15.1. The molecule has 0 fully saturated rings. The van der Waals surface area contributed by atoms with E-state index in [0.717, 1.165) is 15.9 Å². The van der Waals surface area contributed by atoms with E-state index in [4.69, 9.17) is 0 Å². The van der Waals surface area contributed by atoms with E-state index in [1.54, 1.807) is 22.2 Å². The molecule has 22 heavy (non-hydrogen) atoms. The smallest absolute Gasteiger partial charge is 0.259 e. The van der Waals surface area contributed by atoms with Crippen LogP contribution in [0.1, 0.15) is 5.69 Å². The van der Waals surface area contributed by atoms with E-state index < -0.39 is 0 Å². The van der Waals surface area contributed by atoms with Gasteiger partial charge in [-0.2, -0.15) is 0 Å². The second-order valence-electron chi connectivity index (χ2n) is 4.65. The summed E-state index contributed by atoms with van der Waals surface area (Å²) in [5.41, 5.74) is 1.57. The number of thiazole rings is 1.